The topological polar surface area (TPSA) is 84.8 Å². The van der Waals surface area contributed by atoms with Crippen LogP contribution in [0.15, 0.2) is 24.3 Å². The number of anilines is 1. The third-order valence-electron chi connectivity index (χ3n) is 5.89. The molecule has 0 bridgehead atoms. The molecule has 1 aromatic carbocycles. The van der Waals surface area contributed by atoms with Gasteiger partial charge in [-0.1, -0.05) is 29.8 Å². The number of halogens is 4. The number of sulfone groups is 1. The molecule has 4 rings (SSSR count). The van der Waals surface area contributed by atoms with Gasteiger partial charge >= 0.3 is 0 Å². The van der Waals surface area contributed by atoms with E-state index in [-0.39, 0.29) is 28.1 Å². The molecular weight excluding hydrogens is 477 g/mol. The molecule has 1 saturated heterocycles. The highest BCUT2D eigenvalue weighted by Gasteiger charge is 2.28. The predicted octanol–water partition coefficient (Wildman–Crippen LogP) is 5.53. The van der Waals surface area contributed by atoms with Crippen molar-refractivity contribution in [3.05, 3.63) is 57.8 Å². The molecule has 2 aromatic heterocycles. The fraction of sp³-hybridized carbons (Fsp3) is 0.409. The van der Waals surface area contributed by atoms with Gasteiger partial charge in [-0.05, 0) is 44.2 Å². The first-order valence-electron chi connectivity index (χ1n) is 10.4. The molecule has 33 heavy (non-hydrogen) atoms. The van der Waals surface area contributed by atoms with E-state index in [0.717, 1.165) is 6.07 Å². The minimum Gasteiger partial charge on any atom is -0.363 e. The number of nitrogens with one attached hydrogen (secondary N) is 1. The van der Waals surface area contributed by atoms with Crippen LogP contribution >= 0.6 is 11.6 Å². The van der Waals surface area contributed by atoms with Gasteiger partial charge in [-0.25, -0.2) is 36.5 Å². The van der Waals surface area contributed by atoms with Gasteiger partial charge in [0.25, 0.3) is 6.43 Å². The summed E-state index contributed by atoms with van der Waals surface area (Å²) in [5.74, 6) is -0.117. The minimum atomic E-state index is -3.04. The standard InChI is InChI=1S/C22H22ClF3N4O2S/c1-11(14-4-3-5-15(18(14)24)20(25)26)27-21-17-10-16(13-6-8-33(31,32)9-7-13)19(23)30-22(17)29-12(2)28-21/h3-5,10-11,13,20H,6-9H2,1-2H3,(H,27,28,29,30). The van der Waals surface area contributed by atoms with E-state index in [1.807, 2.05) is 0 Å². The highest BCUT2D eigenvalue weighted by molar-refractivity contribution is 7.91. The summed E-state index contributed by atoms with van der Waals surface area (Å²) in [6.07, 6.45) is -2.05. The van der Waals surface area contributed by atoms with Crippen molar-refractivity contribution in [3.63, 3.8) is 0 Å². The molecule has 1 N–H and O–H groups in total. The van der Waals surface area contributed by atoms with E-state index in [1.165, 1.54) is 12.1 Å². The van der Waals surface area contributed by atoms with Crippen LogP contribution in [0.25, 0.3) is 11.0 Å². The maximum absolute atomic E-state index is 14.7. The normalized spacial score (nSPS) is 17.4. The molecule has 3 heterocycles. The summed E-state index contributed by atoms with van der Waals surface area (Å²) in [6, 6.07) is 4.99. The van der Waals surface area contributed by atoms with E-state index >= 15 is 0 Å². The first-order chi connectivity index (χ1) is 15.6. The first-order valence-corrected chi connectivity index (χ1v) is 12.6. The van der Waals surface area contributed by atoms with Crippen LogP contribution in [0.3, 0.4) is 0 Å². The minimum absolute atomic E-state index is 0.0790. The van der Waals surface area contributed by atoms with Gasteiger partial charge in [0, 0.05) is 5.56 Å². The van der Waals surface area contributed by atoms with Crippen LogP contribution in [0.2, 0.25) is 5.15 Å². The van der Waals surface area contributed by atoms with Crippen molar-refractivity contribution in [2.45, 2.75) is 45.1 Å². The highest BCUT2D eigenvalue weighted by Crippen LogP contribution is 2.36. The highest BCUT2D eigenvalue weighted by atomic mass is 35.5. The molecule has 0 saturated carbocycles. The van der Waals surface area contributed by atoms with Crippen LogP contribution in [0.1, 0.15) is 60.7 Å². The average molecular weight is 499 g/mol. The van der Waals surface area contributed by atoms with Crippen molar-refractivity contribution in [1.29, 1.82) is 0 Å². The van der Waals surface area contributed by atoms with Crippen LogP contribution in [-0.4, -0.2) is 34.9 Å². The fourth-order valence-corrected chi connectivity index (χ4v) is 5.89. The molecule has 1 aliphatic rings. The molecule has 3 aromatic rings. The molecular formula is C22H22ClF3N4O2S. The lowest BCUT2D eigenvalue weighted by atomic mass is 9.94. The molecule has 1 aliphatic heterocycles. The van der Waals surface area contributed by atoms with Crippen molar-refractivity contribution < 1.29 is 21.6 Å². The van der Waals surface area contributed by atoms with Crippen molar-refractivity contribution in [2.24, 2.45) is 0 Å². The van der Waals surface area contributed by atoms with Crippen molar-refractivity contribution in [3.8, 4) is 0 Å². The lowest BCUT2D eigenvalue weighted by Crippen LogP contribution is -2.22. The molecule has 11 heteroatoms. The second kappa shape index (κ2) is 9.06. The smallest absolute Gasteiger partial charge is 0.266 e. The van der Waals surface area contributed by atoms with E-state index in [1.54, 1.807) is 19.9 Å². The summed E-state index contributed by atoms with van der Waals surface area (Å²) < 4.78 is 64.5. The number of fused-ring (bicyclic) bond motifs is 1. The van der Waals surface area contributed by atoms with Crippen LogP contribution in [0.4, 0.5) is 19.0 Å². The summed E-state index contributed by atoms with van der Waals surface area (Å²) in [4.78, 5) is 13.1. The van der Waals surface area contributed by atoms with Crippen molar-refractivity contribution >= 4 is 38.3 Å². The monoisotopic (exact) mass is 498 g/mol. The summed E-state index contributed by atoms with van der Waals surface area (Å²) >= 11 is 6.42. The number of rotatable bonds is 5. The molecule has 1 unspecified atom stereocenters. The van der Waals surface area contributed by atoms with Gasteiger partial charge in [0.2, 0.25) is 0 Å². The van der Waals surface area contributed by atoms with Crippen LogP contribution < -0.4 is 5.32 Å². The molecule has 1 fully saturated rings. The molecule has 0 radical (unpaired) electrons. The lowest BCUT2D eigenvalue weighted by Gasteiger charge is -2.23. The number of hydrogen-bond donors (Lipinski definition) is 1. The third kappa shape index (κ3) is 4.91. The molecule has 0 aliphatic carbocycles. The Labute approximate surface area is 194 Å². The van der Waals surface area contributed by atoms with E-state index in [0.29, 0.717) is 41.1 Å². The second-order valence-corrected chi connectivity index (χ2v) is 10.9. The zero-order valence-electron chi connectivity index (χ0n) is 17.9. The van der Waals surface area contributed by atoms with Gasteiger partial charge in [0.1, 0.15) is 32.4 Å². The Morgan fingerprint density at radius 2 is 1.79 bits per heavy atom. The van der Waals surface area contributed by atoms with E-state index < -0.39 is 33.7 Å². The SMILES string of the molecule is Cc1nc(NC(C)c2cccc(C(F)F)c2F)c2cc(C3CCS(=O)(=O)CC3)c(Cl)nc2n1. The van der Waals surface area contributed by atoms with Gasteiger partial charge in [0.15, 0.2) is 5.65 Å². The molecule has 0 spiro atoms. The first kappa shape index (κ1) is 23.7. The van der Waals surface area contributed by atoms with E-state index in [9.17, 15) is 21.6 Å². The van der Waals surface area contributed by atoms with E-state index in [4.69, 9.17) is 11.6 Å². The van der Waals surface area contributed by atoms with Crippen LogP contribution in [-0.2, 0) is 9.84 Å². The van der Waals surface area contributed by atoms with Crippen LogP contribution in [0, 0.1) is 12.7 Å². The number of pyridine rings is 1. The molecule has 1 atom stereocenters. The maximum Gasteiger partial charge on any atom is 0.266 e. The van der Waals surface area contributed by atoms with E-state index in [2.05, 4.69) is 20.3 Å². The fourth-order valence-electron chi connectivity index (χ4n) is 4.11. The second-order valence-electron chi connectivity index (χ2n) is 8.20. The number of nitrogens with zero attached hydrogens (tertiary/aromatic N) is 3. The summed E-state index contributed by atoms with van der Waals surface area (Å²) in [6.45, 7) is 3.32. The Hall–Kier alpha value is -2.46. The Bertz CT molecular complexity index is 1310. The number of benzene rings is 1. The molecule has 0 amide bonds. The molecule has 6 nitrogen and oxygen atoms in total. The number of hydrogen-bond acceptors (Lipinski definition) is 6. The van der Waals surface area contributed by atoms with Gasteiger partial charge < -0.3 is 5.32 Å². The Kier molecular flexibility index (Phi) is 6.50. The van der Waals surface area contributed by atoms with Gasteiger partial charge in [-0.2, -0.15) is 0 Å². The molecule has 176 valence electrons. The summed E-state index contributed by atoms with van der Waals surface area (Å²) in [5.41, 5.74) is 0.453. The summed E-state index contributed by atoms with van der Waals surface area (Å²) in [5, 5.41) is 3.88. The quantitative estimate of drug-likeness (QED) is 0.466. The number of aromatic nitrogens is 3. The zero-order valence-corrected chi connectivity index (χ0v) is 19.5. The Morgan fingerprint density at radius 1 is 1.12 bits per heavy atom. The Balaban J connectivity index is 1.73. The van der Waals surface area contributed by atoms with Crippen molar-refractivity contribution in [1.82, 2.24) is 15.0 Å². The summed E-state index contributed by atoms with van der Waals surface area (Å²) in [7, 11) is -3.04. The maximum atomic E-state index is 14.7. The number of alkyl halides is 2. The average Bonchev–Trinajstić information content (AvgIpc) is 2.73. The zero-order chi connectivity index (χ0) is 23.9. The lowest BCUT2D eigenvalue weighted by molar-refractivity contribution is 0.146. The number of aryl methyl sites for hydroxylation is 1. The van der Waals surface area contributed by atoms with Gasteiger partial charge in [-0.3, -0.25) is 0 Å². The van der Waals surface area contributed by atoms with Gasteiger partial charge in [-0.15, -0.1) is 0 Å². The largest absolute Gasteiger partial charge is 0.363 e. The van der Waals surface area contributed by atoms with Gasteiger partial charge in [0.05, 0.1) is 28.5 Å². The third-order valence-corrected chi connectivity index (χ3v) is 7.91. The van der Waals surface area contributed by atoms with Crippen molar-refractivity contribution in [2.75, 3.05) is 16.8 Å². The Morgan fingerprint density at radius 3 is 2.45 bits per heavy atom. The predicted molar refractivity (Wildman–Crippen MR) is 121 cm³/mol. The van der Waals surface area contributed by atoms with Crippen LogP contribution in [0.5, 0.6) is 0 Å².